The van der Waals surface area contributed by atoms with Crippen LogP contribution >= 0.6 is 23.4 Å². The maximum absolute atomic E-state index is 11.7. The smallest absolute Gasteiger partial charge is 0.315 e. The predicted molar refractivity (Wildman–Crippen MR) is 80.7 cm³/mol. The van der Waals surface area contributed by atoms with Gasteiger partial charge >= 0.3 is 5.97 Å². The number of nitrogens with zero attached hydrogens (tertiary/aromatic N) is 1. The molecular formula is C12H13ClN2O5S. The van der Waals surface area contributed by atoms with Crippen LogP contribution in [0.3, 0.4) is 0 Å². The third-order valence-electron chi connectivity index (χ3n) is 2.19. The van der Waals surface area contributed by atoms with Crippen LogP contribution in [0.2, 0.25) is 5.02 Å². The van der Waals surface area contributed by atoms with Gasteiger partial charge in [0.25, 0.3) is 5.69 Å². The molecule has 0 saturated heterocycles. The van der Waals surface area contributed by atoms with E-state index in [4.69, 9.17) is 16.3 Å². The highest BCUT2D eigenvalue weighted by atomic mass is 35.5. The molecule has 1 N–H and O–H groups in total. The van der Waals surface area contributed by atoms with Gasteiger partial charge in [-0.2, -0.15) is 0 Å². The number of nitro benzene ring substituents is 1. The first-order valence-electron chi connectivity index (χ1n) is 5.91. The Morgan fingerprint density at radius 2 is 2.14 bits per heavy atom. The zero-order chi connectivity index (χ0) is 15.8. The molecule has 0 heterocycles. The van der Waals surface area contributed by atoms with E-state index in [9.17, 15) is 19.7 Å². The van der Waals surface area contributed by atoms with Crippen LogP contribution in [0.15, 0.2) is 18.2 Å². The molecule has 0 atom stereocenters. The zero-order valence-corrected chi connectivity index (χ0v) is 12.7. The average Bonchev–Trinajstić information content (AvgIpc) is 2.38. The zero-order valence-electron chi connectivity index (χ0n) is 11.1. The topological polar surface area (TPSA) is 98.5 Å². The van der Waals surface area contributed by atoms with Gasteiger partial charge in [0.1, 0.15) is 5.69 Å². The molecule has 21 heavy (non-hydrogen) atoms. The molecule has 0 aliphatic rings. The second-order valence-electron chi connectivity index (χ2n) is 3.76. The molecule has 0 bridgehead atoms. The fourth-order valence-corrected chi connectivity index (χ4v) is 2.17. The summed E-state index contributed by atoms with van der Waals surface area (Å²) in [6.07, 6.45) is 0. The van der Waals surface area contributed by atoms with E-state index in [0.29, 0.717) is 0 Å². The Balaban J connectivity index is 2.57. The molecule has 9 heteroatoms. The van der Waals surface area contributed by atoms with Crippen molar-refractivity contribution < 1.29 is 19.2 Å². The molecule has 1 aromatic rings. The molecule has 7 nitrogen and oxygen atoms in total. The van der Waals surface area contributed by atoms with Crippen LogP contribution in [0.1, 0.15) is 6.92 Å². The van der Waals surface area contributed by atoms with Crippen LogP contribution in [0.4, 0.5) is 11.4 Å². The molecule has 0 spiro atoms. The first-order valence-corrected chi connectivity index (χ1v) is 7.44. The van der Waals surface area contributed by atoms with E-state index in [0.717, 1.165) is 11.8 Å². The fraction of sp³-hybridized carbons (Fsp3) is 0.333. The van der Waals surface area contributed by atoms with Gasteiger partial charge in [-0.05, 0) is 19.1 Å². The summed E-state index contributed by atoms with van der Waals surface area (Å²) in [5.74, 6) is -0.861. The summed E-state index contributed by atoms with van der Waals surface area (Å²) < 4.78 is 4.71. The van der Waals surface area contributed by atoms with Gasteiger partial charge in [0.15, 0.2) is 0 Å². The van der Waals surface area contributed by atoms with Crippen molar-refractivity contribution in [2.45, 2.75) is 6.92 Å². The second kappa shape index (κ2) is 8.48. The molecule has 1 aromatic carbocycles. The predicted octanol–water partition coefficient (Wildman–Crippen LogP) is 2.48. The van der Waals surface area contributed by atoms with Crippen LogP contribution in [0.25, 0.3) is 0 Å². The molecule has 1 rings (SSSR count). The van der Waals surface area contributed by atoms with Crippen molar-refractivity contribution >= 4 is 46.6 Å². The third-order valence-corrected chi connectivity index (χ3v) is 3.33. The number of hydrogen-bond donors (Lipinski definition) is 1. The minimum atomic E-state index is -0.613. The first-order chi connectivity index (χ1) is 9.93. The summed E-state index contributed by atoms with van der Waals surface area (Å²) in [6, 6.07) is 3.88. The van der Waals surface area contributed by atoms with Crippen LogP contribution in [-0.2, 0) is 14.3 Å². The van der Waals surface area contributed by atoms with E-state index in [1.165, 1.54) is 18.2 Å². The van der Waals surface area contributed by atoms with Gasteiger partial charge in [-0.15, -0.1) is 11.8 Å². The van der Waals surface area contributed by atoms with Crippen molar-refractivity contribution in [1.29, 1.82) is 0 Å². The number of anilines is 1. The van der Waals surface area contributed by atoms with Gasteiger partial charge in [-0.3, -0.25) is 19.7 Å². The summed E-state index contributed by atoms with van der Waals surface area (Å²) in [7, 11) is 0. The number of rotatable bonds is 7. The quantitative estimate of drug-likeness (QED) is 0.468. The fourth-order valence-electron chi connectivity index (χ4n) is 1.38. The normalized spacial score (nSPS) is 10.0. The number of carbonyl (C=O) groups excluding carboxylic acids is 2. The van der Waals surface area contributed by atoms with Crippen LogP contribution in [0.5, 0.6) is 0 Å². The summed E-state index contributed by atoms with van der Waals surface area (Å²) in [4.78, 5) is 33.0. The van der Waals surface area contributed by atoms with Gasteiger partial charge in [-0.25, -0.2) is 0 Å². The van der Waals surface area contributed by atoms with Crippen molar-refractivity contribution in [3.8, 4) is 0 Å². The summed E-state index contributed by atoms with van der Waals surface area (Å²) in [5, 5.41) is 13.5. The number of hydrogen-bond acceptors (Lipinski definition) is 6. The Labute approximate surface area is 130 Å². The first kappa shape index (κ1) is 17.3. The molecule has 114 valence electrons. The average molecular weight is 333 g/mol. The number of nitrogens with one attached hydrogen (secondary N) is 1. The van der Waals surface area contributed by atoms with Gasteiger partial charge in [0.05, 0.1) is 23.0 Å². The summed E-state index contributed by atoms with van der Waals surface area (Å²) >= 11 is 6.80. The SMILES string of the molecule is CCOC(=O)CSCC(=O)Nc1cc(Cl)ccc1[N+](=O)[O-]. The van der Waals surface area contributed by atoms with Gasteiger partial charge in [0, 0.05) is 11.1 Å². The largest absolute Gasteiger partial charge is 0.465 e. The van der Waals surface area contributed by atoms with E-state index in [2.05, 4.69) is 5.32 Å². The van der Waals surface area contributed by atoms with Crippen LogP contribution in [-0.4, -0.2) is 34.9 Å². The third kappa shape index (κ3) is 6.01. The molecule has 0 fully saturated rings. The Hall–Kier alpha value is -1.80. The van der Waals surface area contributed by atoms with Crippen LogP contribution in [0, 0.1) is 10.1 Å². The van der Waals surface area contributed by atoms with Crippen molar-refractivity contribution in [2.75, 3.05) is 23.4 Å². The van der Waals surface area contributed by atoms with E-state index < -0.39 is 16.8 Å². The molecule has 1 amide bonds. The lowest BCUT2D eigenvalue weighted by atomic mass is 10.2. The van der Waals surface area contributed by atoms with Gasteiger partial charge in [-0.1, -0.05) is 11.6 Å². The lowest BCUT2D eigenvalue weighted by Crippen LogP contribution is -2.17. The maximum Gasteiger partial charge on any atom is 0.315 e. The van der Waals surface area contributed by atoms with E-state index in [1.54, 1.807) is 6.92 Å². The molecule has 0 unspecified atom stereocenters. The Morgan fingerprint density at radius 1 is 1.43 bits per heavy atom. The standard InChI is InChI=1S/C12H13ClN2O5S/c1-2-20-12(17)7-21-6-11(16)14-9-5-8(13)3-4-10(9)15(18)19/h3-5H,2,6-7H2,1H3,(H,14,16). The highest BCUT2D eigenvalue weighted by Crippen LogP contribution is 2.27. The lowest BCUT2D eigenvalue weighted by Gasteiger charge is -2.06. The number of halogens is 1. The minimum absolute atomic E-state index is 0.0224. The number of amides is 1. The van der Waals surface area contributed by atoms with E-state index in [-0.39, 0.29) is 34.5 Å². The molecule has 0 aliphatic heterocycles. The van der Waals surface area contributed by atoms with E-state index >= 15 is 0 Å². The Bertz CT molecular complexity index is 552. The molecule has 0 radical (unpaired) electrons. The highest BCUT2D eigenvalue weighted by molar-refractivity contribution is 8.00. The van der Waals surface area contributed by atoms with E-state index in [1.807, 2.05) is 0 Å². The number of esters is 1. The van der Waals surface area contributed by atoms with Crippen molar-refractivity contribution in [3.05, 3.63) is 33.3 Å². The molecular weight excluding hydrogens is 320 g/mol. The number of nitro groups is 1. The lowest BCUT2D eigenvalue weighted by molar-refractivity contribution is -0.383. The number of carbonyl (C=O) groups is 2. The molecule has 0 aromatic heterocycles. The molecule has 0 aliphatic carbocycles. The van der Waals surface area contributed by atoms with Crippen molar-refractivity contribution in [2.24, 2.45) is 0 Å². The number of ether oxygens (including phenoxy) is 1. The van der Waals surface area contributed by atoms with Crippen LogP contribution < -0.4 is 5.32 Å². The number of thioether (sulfide) groups is 1. The summed E-state index contributed by atoms with van der Waals surface area (Å²) in [5.41, 5.74) is -0.225. The van der Waals surface area contributed by atoms with Gasteiger partial charge in [0.2, 0.25) is 5.91 Å². The van der Waals surface area contributed by atoms with Crippen molar-refractivity contribution in [1.82, 2.24) is 0 Å². The monoisotopic (exact) mass is 332 g/mol. The Morgan fingerprint density at radius 3 is 2.76 bits per heavy atom. The maximum atomic E-state index is 11.7. The second-order valence-corrected chi connectivity index (χ2v) is 5.19. The molecule has 0 saturated carbocycles. The van der Waals surface area contributed by atoms with Gasteiger partial charge < -0.3 is 10.1 Å². The Kier molecular flexibility index (Phi) is 6.97. The number of benzene rings is 1. The van der Waals surface area contributed by atoms with Crippen molar-refractivity contribution in [3.63, 3.8) is 0 Å². The highest BCUT2D eigenvalue weighted by Gasteiger charge is 2.16. The minimum Gasteiger partial charge on any atom is -0.465 e. The summed E-state index contributed by atoms with van der Waals surface area (Å²) in [6.45, 7) is 1.97.